The Morgan fingerprint density at radius 2 is 1.89 bits per heavy atom. The number of hydrogen-bond donors (Lipinski definition) is 1. The first kappa shape index (κ1) is 16.4. The first-order valence-corrected chi connectivity index (χ1v) is 7.65. The van der Waals surface area contributed by atoms with Crippen LogP contribution in [-0.2, 0) is 14.3 Å². The van der Waals surface area contributed by atoms with Crippen molar-refractivity contribution in [3.63, 3.8) is 0 Å². The van der Waals surface area contributed by atoms with Crippen molar-refractivity contribution in [2.75, 3.05) is 26.9 Å². The van der Waals surface area contributed by atoms with Crippen LogP contribution in [0.2, 0.25) is 0 Å². The largest absolute Gasteiger partial charge is 0.463 e. The molecule has 19 heavy (non-hydrogen) atoms. The van der Waals surface area contributed by atoms with Crippen molar-refractivity contribution < 1.29 is 14.3 Å². The predicted molar refractivity (Wildman–Crippen MR) is 76.2 cm³/mol. The average molecular weight is 271 g/mol. The van der Waals surface area contributed by atoms with Gasteiger partial charge in [0.25, 0.3) is 0 Å². The summed E-state index contributed by atoms with van der Waals surface area (Å²) in [6.45, 7) is 3.78. The molecule has 0 aromatic rings. The fourth-order valence-electron chi connectivity index (χ4n) is 2.63. The van der Waals surface area contributed by atoms with Crippen LogP contribution >= 0.6 is 0 Å². The molecule has 0 aromatic carbocycles. The quantitative estimate of drug-likeness (QED) is 0.517. The lowest BCUT2D eigenvalue weighted by atomic mass is 9.79. The standard InChI is InChI=1S/C15H29NO3/c1-3-4-10-18-11-12-19-14(17)13-15(16-2)8-6-5-7-9-15/h16H,3-13H2,1-2H3. The Balaban J connectivity index is 2.15. The van der Waals surface area contributed by atoms with E-state index in [1.165, 1.54) is 19.3 Å². The Morgan fingerprint density at radius 3 is 2.53 bits per heavy atom. The highest BCUT2D eigenvalue weighted by Gasteiger charge is 2.33. The van der Waals surface area contributed by atoms with Crippen LogP contribution < -0.4 is 5.32 Å². The lowest BCUT2D eigenvalue weighted by Gasteiger charge is -2.36. The molecule has 4 nitrogen and oxygen atoms in total. The molecule has 0 spiro atoms. The minimum absolute atomic E-state index is 0.0294. The maximum atomic E-state index is 11.8. The summed E-state index contributed by atoms with van der Waals surface area (Å²) in [4.78, 5) is 11.8. The van der Waals surface area contributed by atoms with E-state index in [2.05, 4.69) is 12.2 Å². The molecule has 0 atom stereocenters. The molecule has 0 saturated heterocycles. The summed E-state index contributed by atoms with van der Waals surface area (Å²) >= 11 is 0. The zero-order valence-corrected chi connectivity index (χ0v) is 12.5. The number of carbonyl (C=O) groups is 1. The van der Waals surface area contributed by atoms with Gasteiger partial charge in [-0.2, -0.15) is 0 Å². The highest BCUT2D eigenvalue weighted by atomic mass is 16.6. The summed E-state index contributed by atoms with van der Waals surface area (Å²) in [6, 6.07) is 0. The van der Waals surface area contributed by atoms with Gasteiger partial charge < -0.3 is 14.8 Å². The zero-order chi connectivity index (χ0) is 14.0. The van der Waals surface area contributed by atoms with Gasteiger partial charge in [-0.15, -0.1) is 0 Å². The van der Waals surface area contributed by atoms with Gasteiger partial charge in [-0.25, -0.2) is 0 Å². The van der Waals surface area contributed by atoms with E-state index in [1.54, 1.807) is 0 Å². The molecule has 112 valence electrons. The number of ether oxygens (including phenoxy) is 2. The van der Waals surface area contributed by atoms with Gasteiger partial charge in [0.05, 0.1) is 13.0 Å². The van der Waals surface area contributed by atoms with E-state index in [0.717, 1.165) is 32.3 Å². The van der Waals surface area contributed by atoms with Crippen LogP contribution in [0.15, 0.2) is 0 Å². The first-order valence-electron chi connectivity index (χ1n) is 7.65. The van der Waals surface area contributed by atoms with E-state index in [1.807, 2.05) is 7.05 Å². The van der Waals surface area contributed by atoms with Crippen molar-refractivity contribution in [2.45, 2.75) is 63.8 Å². The third-order valence-corrected chi connectivity index (χ3v) is 3.96. The van der Waals surface area contributed by atoms with Crippen LogP contribution in [0.5, 0.6) is 0 Å². The maximum absolute atomic E-state index is 11.8. The molecule has 1 aliphatic carbocycles. The van der Waals surface area contributed by atoms with Crippen LogP contribution in [0.1, 0.15) is 58.3 Å². The molecule has 1 aliphatic rings. The fourth-order valence-corrected chi connectivity index (χ4v) is 2.63. The van der Waals surface area contributed by atoms with Gasteiger partial charge in [0.15, 0.2) is 0 Å². The summed E-state index contributed by atoms with van der Waals surface area (Å²) in [6.07, 6.45) is 8.52. The number of esters is 1. The molecule has 4 heteroatoms. The van der Waals surface area contributed by atoms with Crippen LogP contribution in [0, 0.1) is 0 Å². The number of rotatable bonds is 9. The number of carbonyl (C=O) groups excluding carboxylic acids is 1. The van der Waals surface area contributed by atoms with Gasteiger partial charge in [-0.1, -0.05) is 32.6 Å². The molecule has 0 bridgehead atoms. The van der Waals surface area contributed by atoms with Crippen molar-refractivity contribution in [2.24, 2.45) is 0 Å². The predicted octanol–water partition coefficient (Wildman–Crippen LogP) is 2.66. The third-order valence-electron chi connectivity index (χ3n) is 3.96. The Labute approximate surface area is 117 Å². The fraction of sp³-hybridized carbons (Fsp3) is 0.933. The molecular weight excluding hydrogens is 242 g/mol. The molecule has 0 heterocycles. The van der Waals surface area contributed by atoms with Crippen molar-refractivity contribution in [1.82, 2.24) is 5.32 Å². The van der Waals surface area contributed by atoms with Crippen LogP contribution in [-0.4, -0.2) is 38.4 Å². The van der Waals surface area contributed by atoms with Crippen molar-refractivity contribution in [3.05, 3.63) is 0 Å². The lowest BCUT2D eigenvalue weighted by Crippen LogP contribution is -2.46. The van der Waals surface area contributed by atoms with E-state index in [0.29, 0.717) is 19.6 Å². The van der Waals surface area contributed by atoms with Crippen molar-refractivity contribution in [3.8, 4) is 0 Å². The van der Waals surface area contributed by atoms with Gasteiger partial charge in [0, 0.05) is 12.1 Å². The molecule has 0 unspecified atom stereocenters. The topological polar surface area (TPSA) is 47.6 Å². The Kier molecular flexibility index (Phi) is 8.07. The Hall–Kier alpha value is -0.610. The van der Waals surface area contributed by atoms with Crippen LogP contribution in [0.3, 0.4) is 0 Å². The van der Waals surface area contributed by atoms with E-state index < -0.39 is 0 Å². The summed E-state index contributed by atoms with van der Waals surface area (Å²) in [5, 5.41) is 3.33. The summed E-state index contributed by atoms with van der Waals surface area (Å²) in [5.41, 5.74) is -0.0294. The second kappa shape index (κ2) is 9.32. The maximum Gasteiger partial charge on any atom is 0.307 e. The Morgan fingerprint density at radius 1 is 1.16 bits per heavy atom. The van der Waals surface area contributed by atoms with Gasteiger partial charge in [-0.05, 0) is 26.3 Å². The highest BCUT2D eigenvalue weighted by molar-refractivity contribution is 5.71. The average Bonchev–Trinajstić information content (AvgIpc) is 2.43. The summed E-state index contributed by atoms with van der Waals surface area (Å²) in [5.74, 6) is -0.102. The van der Waals surface area contributed by atoms with Crippen LogP contribution in [0.25, 0.3) is 0 Å². The van der Waals surface area contributed by atoms with Gasteiger partial charge in [-0.3, -0.25) is 4.79 Å². The molecule has 1 N–H and O–H groups in total. The highest BCUT2D eigenvalue weighted by Crippen LogP contribution is 2.30. The van der Waals surface area contributed by atoms with E-state index >= 15 is 0 Å². The van der Waals surface area contributed by atoms with Crippen molar-refractivity contribution in [1.29, 1.82) is 0 Å². The number of hydrogen-bond acceptors (Lipinski definition) is 4. The minimum Gasteiger partial charge on any atom is -0.463 e. The lowest BCUT2D eigenvalue weighted by molar-refractivity contribution is -0.147. The van der Waals surface area contributed by atoms with Gasteiger partial charge >= 0.3 is 5.97 Å². The first-order chi connectivity index (χ1) is 9.22. The second-order valence-electron chi connectivity index (χ2n) is 5.45. The molecule has 1 rings (SSSR count). The molecule has 0 aliphatic heterocycles. The molecule has 0 amide bonds. The minimum atomic E-state index is -0.102. The van der Waals surface area contributed by atoms with E-state index in [-0.39, 0.29) is 11.5 Å². The van der Waals surface area contributed by atoms with Crippen LogP contribution in [0.4, 0.5) is 0 Å². The van der Waals surface area contributed by atoms with Gasteiger partial charge in [0.2, 0.25) is 0 Å². The third kappa shape index (κ3) is 6.39. The van der Waals surface area contributed by atoms with Gasteiger partial charge in [0.1, 0.15) is 6.61 Å². The smallest absolute Gasteiger partial charge is 0.307 e. The normalized spacial score (nSPS) is 18.2. The van der Waals surface area contributed by atoms with Crippen molar-refractivity contribution >= 4 is 5.97 Å². The molecule has 1 fully saturated rings. The van der Waals surface area contributed by atoms with E-state index in [4.69, 9.17) is 9.47 Å². The van der Waals surface area contributed by atoms with E-state index in [9.17, 15) is 4.79 Å². The zero-order valence-electron chi connectivity index (χ0n) is 12.5. The molecule has 0 aromatic heterocycles. The Bertz CT molecular complexity index is 250. The molecular formula is C15H29NO3. The monoisotopic (exact) mass is 271 g/mol. The summed E-state index contributed by atoms with van der Waals surface area (Å²) in [7, 11) is 1.95. The SMILES string of the molecule is CCCCOCCOC(=O)CC1(NC)CCCCC1. The summed E-state index contributed by atoms with van der Waals surface area (Å²) < 4.78 is 10.6. The number of nitrogens with one attached hydrogen (secondary N) is 1. The number of unbranched alkanes of at least 4 members (excludes halogenated alkanes) is 1. The second-order valence-corrected chi connectivity index (χ2v) is 5.45. The molecule has 0 radical (unpaired) electrons. The molecule has 1 saturated carbocycles.